The molecule has 0 atom stereocenters. The van der Waals surface area contributed by atoms with Crippen LogP contribution in [0.25, 0.3) is 6.08 Å². The number of pyridine rings is 1. The molecule has 0 aliphatic carbocycles. The van der Waals surface area contributed by atoms with Gasteiger partial charge in [0, 0.05) is 43.8 Å². The van der Waals surface area contributed by atoms with Crippen LogP contribution in [0.15, 0.2) is 54.9 Å². The van der Waals surface area contributed by atoms with Gasteiger partial charge in [-0.2, -0.15) is 0 Å². The van der Waals surface area contributed by atoms with Crippen LogP contribution in [0.2, 0.25) is 0 Å². The van der Waals surface area contributed by atoms with Crippen molar-refractivity contribution in [3.8, 4) is 0 Å². The Morgan fingerprint density at radius 3 is 2.32 bits per heavy atom. The van der Waals surface area contributed by atoms with Crippen molar-refractivity contribution in [2.45, 2.75) is 6.92 Å². The van der Waals surface area contributed by atoms with Crippen molar-refractivity contribution in [2.75, 3.05) is 17.3 Å². The molecule has 0 fully saturated rings. The van der Waals surface area contributed by atoms with Gasteiger partial charge in [-0.3, -0.25) is 14.6 Å². The number of benzene rings is 1. The molecule has 0 saturated heterocycles. The number of rotatable bonds is 4. The van der Waals surface area contributed by atoms with Crippen LogP contribution in [0.4, 0.5) is 11.4 Å². The number of nitrogens with one attached hydrogen (secondary N) is 1. The average Bonchev–Trinajstić information content (AvgIpc) is 2.54. The van der Waals surface area contributed by atoms with E-state index in [-0.39, 0.29) is 11.8 Å². The van der Waals surface area contributed by atoms with Gasteiger partial charge in [-0.25, -0.2) is 0 Å². The highest BCUT2D eigenvalue weighted by atomic mass is 16.2. The Morgan fingerprint density at radius 1 is 1.09 bits per heavy atom. The van der Waals surface area contributed by atoms with Crippen LogP contribution in [0.3, 0.4) is 0 Å². The Hall–Kier alpha value is -2.95. The van der Waals surface area contributed by atoms with Gasteiger partial charge in [0.25, 0.3) is 0 Å². The highest BCUT2D eigenvalue weighted by Crippen LogP contribution is 2.17. The first kappa shape index (κ1) is 15.4. The molecule has 0 spiro atoms. The molecule has 22 heavy (non-hydrogen) atoms. The maximum Gasteiger partial charge on any atom is 0.248 e. The Labute approximate surface area is 129 Å². The van der Waals surface area contributed by atoms with E-state index in [1.165, 1.54) is 17.9 Å². The summed E-state index contributed by atoms with van der Waals surface area (Å²) in [7, 11) is 1.70. The molecule has 112 valence electrons. The number of hydrogen-bond donors (Lipinski definition) is 1. The lowest BCUT2D eigenvalue weighted by molar-refractivity contribution is -0.116. The van der Waals surface area contributed by atoms with Gasteiger partial charge < -0.3 is 10.2 Å². The number of nitrogens with zero attached hydrogens (tertiary/aromatic N) is 2. The minimum atomic E-state index is -0.218. The summed E-state index contributed by atoms with van der Waals surface area (Å²) in [6, 6.07) is 10.7. The van der Waals surface area contributed by atoms with Crippen LogP contribution in [0.1, 0.15) is 12.5 Å². The fraction of sp³-hybridized carbons (Fsp3) is 0.118. The van der Waals surface area contributed by atoms with E-state index >= 15 is 0 Å². The summed E-state index contributed by atoms with van der Waals surface area (Å²) in [6.45, 7) is 1.50. The lowest BCUT2D eigenvalue weighted by Gasteiger charge is -2.15. The topological polar surface area (TPSA) is 62.3 Å². The first-order chi connectivity index (χ1) is 10.6. The van der Waals surface area contributed by atoms with Crippen LogP contribution >= 0.6 is 0 Å². The van der Waals surface area contributed by atoms with Crippen molar-refractivity contribution < 1.29 is 9.59 Å². The van der Waals surface area contributed by atoms with E-state index in [1.54, 1.807) is 49.8 Å². The number of anilines is 2. The van der Waals surface area contributed by atoms with E-state index in [9.17, 15) is 9.59 Å². The van der Waals surface area contributed by atoms with Crippen LogP contribution in [-0.4, -0.2) is 23.8 Å². The van der Waals surface area contributed by atoms with Gasteiger partial charge in [0.1, 0.15) is 0 Å². The van der Waals surface area contributed by atoms with Crippen molar-refractivity contribution in [1.82, 2.24) is 4.98 Å². The maximum absolute atomic E-state index is 11.8. The molecule has 0 radical (unpaired) electrons. The molecule has 5 heteroatoms. The molecule has 1 N–H and O–H groups in total. The average molecular weight is 295 g/mol. The van der Waals surface area contributed by atoms with Crippen molar-refractivity contribution in [3.63, 3.8) is 0 Å². The molecule has 2 aromatic rings. The molecular formula is C17H17N3O2. The van der Waals surface area contributed by atoms with Crippen LogP contribution in [0, 0.1) is 0 Å². The summed E-state index contributed by atoms with van der Waals surface area (Å²) in [6.07, 6.45) is 6.52. The number of aromatic nitrogens is 1. The number of hydrogen-bond acceptors (Lipinski definition) is 3. The van der Waals surface area contributed by atoms with Gasteiger partial charge in [0.05, 0.1) is 0 Å². The second-order valence-corrected chi connectivity index (χ2v) is 4.73. The standard InChI is InChI=1S/C17H17N3O2/c1-13(21)20(2)16-6-4-15(5-7-16)19-17(22)8-3-14-9-11-18-12-10-14/h3-12H,1-2H3,(H,19,22). The van der Waals surface area contributed by atoms with E-state index in [4.69, 9.17) is 0 Å². The van der Waals surface area contributed by atoms with Gasteiger partial charge in [-0.15, -0.1) is 0 Å². The highest BCUT2D eigenvalue weighted by molar-refractivity contribution is 6.02. The summed E-state index contributed by atoms with van der Waals surface area (Å²) in [5.74, 6) is -0.262. The SMILES string of the molecule is CC(=O)N(C)c1ccc(NC(=O)C=Cc2ccncc2)cc1. The zero-order valence-electron chi connectivity index (χ0n) is 12.5. The van der Waals surface area contributed by atoms with Crippen molar-refractivity contribution in [2.24, 2.45) is 0 Å². The third-order valence-corrected chi connectivity index (χ3v) is 3.13. The molecule has 0 bridgehead atoms. The zero-order chi connectivity index (χ0) is 15.9. The minimum Gasteiger partial charge on any atom is -0.323 e. The first-order valence-corrected chi connectivity index (χ1v) is 6.80. The van der Waals surface area contributed by atoms with Gasteiger partial charge in [-0.1, -0.05) is 0 Å². The van der Waals surface area contributed by atoms with Crippen molar-refractivity contribution >= 4 is 29.3 Å². The predicted molar refractivity (Wildman–Crippen MR) is 87.4 cm³/mol. The van der Waals surface area contributed by atoms with E-state index in [0.29, 0.717) is 5.69 Å². The number of carbonyl (C=O) groups excluding carboxylic acids is 2. The molecule has 2 rings (SSSR count). The van der Waals surface area contributed by atoms with Gasteiger partial charge in [-0.05, 0) is 48.0 Å². The molecule has 1 aromatic carbocycles. The predicted octanol–water partition coefficient (Wildman–Crippen LogP) is 2.72. The van der Waals surface area contributed by atoms with Crippen LogP contribution in [-0.2, 0) is 9.59 Å². The minimum absolute atomic E-state index is 0.0444. The third-order valence-electron chi connectivity index (χ3n) is 3.13. The highest BCUT2D eigenvalue weighted by Gasteiger charge is 2.05. The zero-order valence-corrected chi connectivity index (χ0v) is 12.5. The van der Waals surface area contributed by atoms with E-state index in [1.807, 2.05) is 12.1 Å². The van der Waals surface area contributed by atoms with E-state index < -0.39 is 0 Å². The molecule has 0 unspecified atom stereocenters. The fourth-order valence-electron chi connectivity index (χ4n) is 1.78. The second-order valence-electron chi connectivity index (χ2n) is 4.73. The monoisotopic (exact) mass is 295 g/mol. The first-order valence-electron chi connectivity index (χ1n) is 6.80. The van der Waals surface area contributed by atoms with Gasteiger partial charge in [0.15, 0.2) is 0 Å². The second kappa shape index (κ2) is 7.17. The molecule has 1 heterocycles. The van der Waals surface area contributed by atoms with Gasteiger partial charge in [0.2, 0.25) is 11.8 Å². The normalized spacial score (nSPS) is 10.5. The summed E-state index contributed by atoms with van der Waals surface area (Å²) in [5, 5.41) is 2.76. The fourth-order valence-corrected chi connectivity index (χ4v) is 1.78. The number of amides is 2. The summed E-state index contributed by atoms with van der Waals surface area (Å²) in [5.41, 5.74) is 2.35. The lowest BCUT2D eigenvalue weighted by atomic mass is 10.2. The van der Waals surface area contributed by atoms with E-state index in [2.05, 4.69) is 10.3 Å². The Balaban J connectivity index is 1.97. The smallest absolute Gasteiger partial charge is 0.248 e. The third kappa shape index (κ3) is 4.28. The van der Waals surface area contributed by atoms with Crippen molar-refractivity contribution in [1.29, 1.82) is 0 Å². The Bertz CT molecular complexity index is 679. The molecular weight excluding hydrogens is 278 g/mol. The number of carbonyl (C=O) groups is 2. The molecule has 2 amide bonds. The Morgan fingerprint density at radius 2 is 1.73 bits per heavy atom. The molecule has 5 nitrogen and oxygen atoms in total. The quantitative estimate of drug-likeness (QED) is 0.882. The lowest BCUT2D eigenvalue weighted by Crippen LogP contribution is -2.22. The van der Waals surface area contributed by atoms with E-state index in [0.717, 1.165) is 11.3 Å². The van der Waals surface area contributed by atoms with Crippen LogP contribution in [0.5, 0.6) is 0 Å². The van der Waals surface area contributed by atoms with Crippen molar-refractivity contribution in [3.05, 3.63) is 60.4 Å². The maximum atomic E-state index is 11.8. The summed E-state index contributed by atoms with van der Waals surface area (Å²) >= 11 is 0. The Kier molecular flexibility index (Phi) is 5.03. The molecule has 0 aliphatic rings. The molecule has 0 aliphatic heterocycles. The van der Waals surface area contributed by atoms with Crippen LogP contribution < -0.4 is 10.2 Å². The molecule has 0 saturated carbocycles. The summed E-state index contributed by atoms with van der Waals surface area (Å²) in [4.78, 5) is 28.6. The summed E-state index contributed by atoms with van der Waals surface area (Å²) < 4.78 is 0. The largest absolute Gasteiger partial charge is 0.323 e. The molecule has 1 aromatic heterocycles. The van der Waals surface area contributed by atoms with Gasteiger partial charge >= 0.3 is 0 Å².